The SMILES string of the molecule is CCNC(=NCc1cccc(CN(C)CC)c1)NCC1COc2ccccc2O1.I. The van der Waals surface area contributed by atoms with Crippen LogP contribution in [0.3, 0.4) is 0 Å². The van der Waals surface area contributed by atoms with Crippen molar-refractivity contribution in [2.75, 3.05) is 33.3 Å². The Morgan fingerprint density at radius 3 is 2.60 bits per heavy atom. The lowest BCUT2D eigenvalue weighted by molar-refractivity contribution is 0.0936. The van der Waals surface area contributed by atoms with Crippen molar-refractivity contribution in [3.63, 3.8) is 0 Å². The minimum Gasteiger partial charge on any atom is -0.486 e. The van der Waals surface area contributed by atoms with Crippen LogP contribution in [0.25, 0.3) is 0 Å². The molecule has 3 rings (SSSR count). The van der Waals surface area contributed by atoms with Gasteiger partial charge in [-0.15, -0.1) is 24.0 Å². The number of ether oxygens (including phenoxy) is 2. The van der Waals surface area contributed by atoms with Crippen LogP contribution in [0.15, 0.2) is 53.5 Å². The lowest BCUT2D eigenvalue weighted by Crippen LogP contribution is -2.45. The van der Waals surface area contributed by atoms with Crippen LogP contribution in [0, 0.1) is 0 Å². The maximum atomic E-state index is 6.01. The summed E-state index contributed by atoms with van der Waals surface area (Å²) in [5.41, 5.74) is 2.52. The lowest BCUT2D eigenvalue weighted by Gasteiger charge is -2.27. The van der Waals surface area contributed by atoms with Crippen molar-refractivity contribution in [2.45, 2.75) is 33.0 Å². The highest BCUT2D eigenvalue weighted by molar-refractivity contribution is 14.0. The zero-order valence-corrected chi connectivity index (χ0v) is 20.4. The van der Waals surface area contributed by atoms with Crippen molar-refractivity contribution in [1.82, 2.24) is 15.5 Å². The number of halogens is 1. The number of nitrogens with zero attached hydrogens (tertiary/aromatic N) is 2. The molecule has 30 heavy (non-hydrogen) atoms. The number of nitrogens with one attached hydrogen (secondary N) is 2. The van der Waals surface area contributed by atoms with Gasteiger partial charge >= 0.3 is 0 Å². The Morgan fingerprint density at radius 1 is 1.07 bits per heavy atom. The Hall–Kier alpha value is -2.00. The first-order valence-electron chi connectivity index (χ1n) is 10.3. The molecule has 2 aromatic carbocycles. The molecule has 6 nitrogen and oxygen atoms in total. The van der Waals surface area contributed by atoms with Crippen molar-refractivity contribution in [2.24, 2.45) is 4.99 Å². The summed E-state index contributed by atoms with van der Waals surface area (Å²) < 4.78 is 11.8. The van der Waals surface area contributed by atoms with Crippen molar-refractivity contribution < 1.29 is 9.47 Å². The second kappa shape index (κ2) is 12.6. The molecule has 1 aliphatic rings. The maximum absolute atomic E-state index is 6.01. The molecule has 0 spiro atoms. The minimum absolute atomic E-state index is 0. The Morgan fingerprint density at radius 2 is 1.83 bits per heavy atom. The smallest absolute Gasteiger partial charge is 0.191 e. The molecule has 0 radical (unpaired) electrons. The van der Waals surface area contributed by atoms with Gasteiger partial charge in [0, 0.05) is 13.1 Å². The lowest BCUT2D eigenvalue weighted by atomic mass is 10.1. The van der Waals surface area contributed by atoms with Crippen molar-refractivity contribution in [3.8, 4) is 11.5 Å². The van der Waals surface area contributed by atoms with E-state index in [1.165, 1.54) is 11.1 Å². The monoisotopic (exact) mass is 524 g/mol. The Balaban J connectivity index is 0.00000320. The van der Waals surface area contributed by atoms with E-state index in [-0.39, 0.29) is 30.1 Å². The molecule has 0 aliphatic carbocycles. The van der Waals surface area contributed by atoms with Crippen LogP contribution < -0.4 is 20.1 Å². The highest BCUT2D eigenvalue weighted by atomic mass is 127. The van der Waals surface area contributed by atoms with Crippen LogP contribution >= 0.6 is 24.0 Å². The van der Waals surface area contributed by atoms with E-state index < -0.39 is 0 Å². The van der Waals surface area contributed by atoms with Gasteiger partial charge in [0.05, 0.1) is 13.1 Å². The molecule has 0 amide bonds. The molecular formula is C23H33IN4O2. The van der Waals surface area contributed by atoms with E-state index >= 15 is 0 Å². The van der Waals surface area contributed by atoms with Crippen LogP contribution in [0.4, 0.5) is 0 Å². The average Bonchev–Trinajstić information content (AvgIpc) is 2.75. The third-order valence-electron chi connectivity index (χ3n) is 4.81. The van der Waals surface area contributed by atoms with E-state index in [9.17, 15) is 0 Å². The summed E-state index contributed by atoms with van der Waals surface area (Å²) in [6.07, 6.45) is -0.0540. The van der Waals surface area contributed by atoms with Crippen LogP contribution in [0.5, 0.6) is 11.5 Å². The minimum atomic E-state index is -0.0540. The van der Waals surface area contributed by atoms with E-state index in [1.807, 2.05) is 24.3 Å². The van der Waals surface area contributed by atoms with E-state index in [0.717, 1.165) is 37.1 Å². The molecule has 7 heteroatoms. The van der Waals surface area contributed by atoms with Gasteiger partial charge in [-0.05, 0) is 43.8 Å². The highest BCUT2D eigenvalue weighted by Gasteiger charge is 2.20. The number of para-hydroxylation sites is 2. The fraction of sp³-hybridized carbons (Fsp3) is 0.435. The average molecular weight is 524 g/mol. The van der Waals surface area contributed by atoms with Gasteiger partial charge in [0.15, 0.2) is 17.5 Å². The van der Waals surface area contributed by atoms with Crippen LogP contribution in [-0.4, -0.2) is 50.3 Å². The van der Waals surface area contributed by atoms with Crippen molar-refractivity contribution in [3.05, 3.63) is 59.7 Å². The number of rotatable bonds is 8. The standard InChI is InChI=1S/C23H32N4O2.HI/c1-4-24-23(25-14-18-9-8-10-19(13-18)16-27(3)5-2)26-15-20-17-28-21-11-6-7-12-22(21)29-20;/h6-13,20H,4-5,14-17H2,1-3H3,(H2,24,25,26);1H. The van der Waals surface area contributed by atoms with Crippen molar-refractivity contribution in [1.29, 1.82) is 0 Å². The first-order chi connectivity index (χ1) is 14.2. The van der Waals surface area contributed by atoms with Gasteiger partial charge in [-0.2, -0.15) is 0 Å². The molecule has 0 saturated heterocycles. The number of benzene rings is 2. The third-order valence-corrected chi connectivity index (χ3v) is 4.81. The fourth-order valence-electron chi connectivity index (χ4n) is 3.14. The second-order valence-corrected chi connectivity index (χ2v) is 7.22. The summed E-state index contributed by atoms with van der Waals surface area (Å²) in [6.45, 7) is 8.80. The maximum Gasteiger partial charge on any atom is 0.191 e. The fourth-order valence-corrected chi connectivity index (χ4v) is 3.14. The molecule has 1 aliphatic heterocycles. The Labute approximate surface area is 197 Å². The topological polar surface area (TPSA) is 58.1 Å². The summed E-state index contributed by atoms with van der Waals surface area (Å²) in [6, 6.07) is 16.4. The molecule has 0 saturated carbocycles. The molecule has 2 N–H and O–H groups in total. The number of fused-ring (bicyclic) bond motifs is 1. The van der Waals surface area contributed by atoms with Gasteiger partial charge in [-0.3, -0.25) is 0 Å². The zero-order valence-electron chi connectivity index (χ0n) is 18.1. The molecule has 1 heterocycles. The van der Waals surface area contributed by atoms with Gasteiger partial charge in [0.25, 0.3) is 0 Å². The number of hydrogen-bond donors (Lipinski definition) is 2. The molecule has 164 valence electrons. The summed E-state index contributed by atoms with van der Waals surface area (Å²) in [4.78, 5) is 7.03. The molecule has 0 fully saturated rings. The molecule has 2 aromatic rings. The number of hydrogen-bond acceptors (Lipinski definition) is 4. The predicted molar refractivity (Wildman–Crippen MR) is 133 cm³/mol. The normalized spacial score (nSPS) is 15.5. The molecule has 0 aromatic heterocycles. The highest BCUT2D eigenvalue weighted by Crippen LogP contribution is 2.30. The second-order valence-electron chi connectivity index (χ2n) is 7.22. The molecular weight excluding hydrogens is 491 g/mol. The Kier molecular flexibility index (Phi) is 10.2. The first kappa shape index (κ1) is 24.3. The van der Waals surface area contributed by atoms with Crippen LogP contribution in [0.1, 0.15) is 25.0 Å². The van der Waals surface area contributed by atoms with Gasteiger partial charge in [-0.1, -0.05) is 43.3 Å². The largest absolute Gasteiger partial charge is 0.486 e. The summed E-state index contributed by atoms with van der Waals surface area (Å²) >= 11 is 0. The first-order valence-corrected chi connectivity index (χ1v) is 10.3. The third kappa shape index (κ3) is 7.36. The van der Waals surface area contributed by atoms with Gasteiger partial charge < -0.3 is 25.0 Å². The molecule has 1 atom stereocenters. The summed E-state index contributed by atoms with van der Waals surface area (Å²) in [5, 5.41) is 6.67. The zero-order chi connectivity index (χ0) is 20.5. The van der Waals surface area contributed by atoms with Gasteiger partial charge in [0.2, 0.25) is 0 Å². The quantitative estimate of drug-likeness (QED) is 0.314. The van der Waals surface area contributed by atoms with E-state index in [1.54, 1.807) is 0 Å². The van der Waals surface area contributed by atoms with Crippen LogP contribution in [0.2, 0.25) is 0 Å². The van der Waals surface area contributed by atoms with Crippen LogP contribution in [-0.2, 0) is 13.1 Å². The molecule has 1 unspecified atom stereocenters. The predicted octanol–water partition coefficient (Wildman–Crippen LogP) is 3.65. The van der Waals surface area contributed by atoms with Crippen molar-refractivity contribution >= 4 is 29.9 Å². The number of aliphatic imine (C=N–C) groups is 1. The number of guanidine groups is 1. The van der Waals surface area contributed by atoms with E-state index in [0.29, 0.717) is 19.7 Å². The van der Waals surface area contributed by atoms with E-state index in [4.69, 9.17) is 14.5 Å². The molecule has 0 bridgehead atoms. The van der Waals surface area contributed by atoms with Gasteiger partial charge in [0.1, 0.15) is 12.7 Å². The summed E-state index contributed by atoms with van der Waals surface area (Å²) in [5.74, 6) is 2.38. The summed E-state index contributed by atoms with van der Waals surface area (Å²) in [7, 11) is 2.13. The van der Waals surface area contributed by atoms with Gasteiger partial charge in [-0.25, -0.2) is 4.99 Å². The van der Waals surface area contributed by atoms with E-state index in [2.05, 4.69) is 60.7 Å². The Bertz CT molecular complexity index is 815.